The third kappa shape index (κ3) is 10.3. The molecule has 0 unspecified atom stereocenters. The minimum atomic E-state index is -2.75. The molecule has 0 atom stereocenters. The first-order valence-corrected chi connectivity index (χ1v) is 27.9. The van der Waals surface area contributed by atoms with Gasteiger partial charge in [-0.3, -0.25) is 13.7 Å². The SMILES string of the molecule is [2H]c1c([2H])c([2H])c(-c2cnc(-n3c4ccccc4c4ccc(Oc5cccc(-n6[c-][n+](-c7c(-c8cc(C(C)(C)C)cc(C(C)(C)C)c8)cc(C(C)(C)C)cc7C(C)(C)C)c7ccc(-c8ccc(C(C)(C)C)cc8)cc76)c5)cc43)cc2C([2H])([2H])[2H])c([2H])c1[2H]. The van der Waals surface area contributed by atoms with Crippen LogP contribution in [0.4, 0.5) is 0 Å². The molecule has 0 aliphatic rings. The van der Waals surface area contributed by atoms with Crippen LogP contribution in [0.15, 0.2) is 182 Å². The molecule has 0 bridgehead atoms. The Hall–Kier alpha value is -8.02. The Morgan fingerprint density at radius 3 is 1.79 bits per heavy atom. The number of rotatable bonds is 8. The first-order chi connectivity index (χ1) is 41.0. The quantitative estimate of drug-likeness (QED) is 0.112. The zero-order valence-corrected chi connectivity index (χ0v) is 49.1. The third-order valence-corrected chi connectivity index (χ3v) is 15.6. The molecule has 3 aromatic heterocycles. The van der Waals surface area contributed by atoms with Gasteiger partial charge in [0.05, 0.1) is 40.3 Å². The van der Waals surface area contributed by atoms with Crippen LogP contribution in [-0.2, 0) is 27.1 Å². The van der Waals surface area contributed by atoms with Crippen molar-refractivity contribution >= 4 is 32.8 Å². The molecular formula is C75H78N4O. The van der Waals surface area contributed by atoms with Gasteiger partial charge in [0.1, 0.15) is 17.3 Å². The highest BCUT2D eigenvalue weighted by Gasteiger charge is 2.30. The minimum Gasteiger partial charge on any atom is -0.458 e. The van der Waals surface area contributed by atoms with Crippen molar-refractivity contribution in [3.8, 4) is 62.1 Å². The summed E-state index contributed by atoms with van der Waals surface area (Å²) in [6.45, 7) is 31.5. The van der Waals surface area contributed by atoms with E-state index >= 15 is 0 Å². The standard InChI is InChI=1S/C75H78N4O/c1-48-37-69(76-46-63(48)50-23-18-17-19-24-50)79-65-28-21-20-27-60(65)61-35-34-59(45-67(61)79)80-58-26-22-25-57(44-58)77-47-78(66-36-31-51(40-68(66)77)49-29-32-53(33-30-49)71(2,3)4)70-62(42-56(74(11,12)13)43-64(70)75(14,15)16)52-38-54(72(5,6)7)41-55(39-52)73(8,9)10/h17-46H,1-16H3/i1D3,17D,18D,19D,23D,24D. The highest BCUT2D eigenvalue weighted by atomic mass is 16.5. The van der Waals surface area contributed by atoms with E-state index in [0.717, 1.165) is 61.0 Å². The van der Waals surface area contributed by atoms with Crippen LogP contribution >= 0.6 is 0 Å². The van der Waals surface area contributed by atoms with E-state index in [4.69, 9.17) is 20.7 Å². The number of fused-ring (bicyclic) bond motifs is 4. The Kier molecular flexibility index (Phi) is 11.0. The number of pyridine rings is 1. The van der Waals surface area contributed by atoms with E-state index in [1.807, 2.05) is 65.2 Å². The molecule has 0 aliphatic heterocycles. The lowest BCUT2D eigenvalue weighted by molar-refractivity contribution is -0.572. The zero-order chi connectivity index (χ0) is 63.7. The molecule has 80 heavy (non-hydrogen) atoms. The van der Waals surface area contributed by atoms with Crippen LogP contribution in [0, 0.1) is 13.2 Å². The van der Waals surface area contributed by atoms with Crippen molar-refractivity contribution in [3.05, 3.63) is 222 Å². The summed E-state index contributed by atoms with van der Waals surface area (Å²) in [6, 6.07) is 48.0. The normalized spacial score (nSPS) is 14.3. The number of hydrogen-bond donors (Lipinski definition) is 0. The monoisotopic (exact) mass is 1060 g/mol. The molecule has 0 saturated heterocycles. The maximum Gasteiger partial charge on any atom is 0.269 e. The van der Waals surface area contributed by atoms with Crippen LogP contribution in [0.2, 0.25) is 0 Å². The summed E-state index contributed by atoms with van der Waals surface area (Å²) in [5.41, 5.74) is 14.8. The fraction of sp³-hybridized carbons (Fsp3) is 0.280. The number of aromatic nitrogens is 4. The molecule has 0 radical (unpaired) electrons. The van der Waals surface area contributed by atoms with Crippen molar-refractivity contribution in [1.82, 2.24) is 14.1 Å². The van der Waals surface area contributed by atoms with Gasteiger partial charge in [-0.25, -0.2) is 4.98 Å². The second-order valence-electron chi connectivity index (χ2n) is 26.7. The smallest absolute Gasteiger partial charge is 0.269 e. The van der Waals surface area contributed by atoms with Crippen LogP contribution < -0.4 is 9.30 Å². The molecule has 11 aromatic rings. The topological polar surface area (TPSA) is 35.9 Å². The number of ether oxygens (including phenoxy) is 1. The van der Waals surface area contributed by atoms with E-state index < -0.39 is 37.1 Å². The highest BCUT2D eigenvalue weighted by molar-refractivity contribution is 6.09. The van der Waals surface area contributed by atoms with Gasteiger partial charge in [-0.15, -0.1) is 0 Å². The molecule has 0 fully saturated rings. The van der Waals surface area contributed by atoms with E-state index in [1.54, 1.807) is 0 Å². The van der Waals surface area contributed by atoms with Crippen molar-refractivity contribution in [2.75, 3.05) is 0 Å². The van der Waals surface area contributed by atoms with E-state index in [0.29, 0.717) is 17.0 Å². The van der Waals surface area contributed by atoms with Crippen LogP contribution in [0.25, 0.3) is 83.4 Å². The number of imidazole rings is 1. The molecular weight excluding hydrogens is 973 g/mol. The van der Waals surface area contributed by atoms with E-state index in [9.17, 15) is 0 Å². The summed E-state index contributed by atoms with van der Waals surface area (Å²) >= 11 is 0. The van der Waals surface area contributed by atoms with E-state index in [1.165, 1.54) is 40.1 Å². The fourth-order valence-electron chi connectivity index (χ4n) is 10.8. The number of para-hydroxylation sites is 1. The molecule has 0 N–H and O–H groups in total. The highest BCUT2D eigenvalue weighted by Crippen LogP contribution is 2.43. The van der Waals surface area contributed by atoms with Crippen LogP contribution in [0.1, 0.15) is 148 Å². The number of hydrogen-bond acceptors (Lipinski definition) is 2. The average Bonchev–Trinajstić information content (AvgIpc) is 1.78. The molecule has 3 heterocycles. The summed E-state index contributed by atoms with van der Waals surface area (Å²) in [5, 5.41) is 1.77. The third-order valence-electron chi connectivity index (χ3n) is 15.6. The van der Waals surface area contributed by atoms with Crippen molar-refractivity contribution in [1.29, 1.82) is 0 Å². The molecule has 0 amide bonds. The maximum absolute atomic E-state index is 8.72. The first kappa shape index (κ1) is 44.8. The van der Waals surface area contributed by atoms with Crippen molar-refractivity contribution < 1.29 is 20.3 Å². The van der Waals surface area contributed by atoms with Crippen LogP contribution in [0.5, 0.6) is 11.5 Å². The Morgan fingerprint density at radius 2 is 1.12 bits per heavy atom. The van der Waals surface area contributed by atoms with Gasteiger partial charge in [0, 0.05) is 32.7 Å². The molecule has 5 nitrogen and oxygen atoms in total. The van der Waals surface area contributed by atoms with Crippen molar-refractivity contribution in [2.24, 2.45) is 0 Å². The van der Waals surface area contributed by atoms with Gasteiger partial charge in [0.15, 0.2) is 0 Å². The molecule has 8 aromatic carbocycles. The van der Waals surface area contributed by atoms with Crippen LogP contribution in [-0.4, -0.2) is 14.1 Å². The molecule has 5 heteroatoms. The fourth-order valence-corrected chi connectivity index (χ4v) is 10.8. The van der Waals surface area contributed by atoms with Crippen LogP contribution in [0.3, 0.4) is 0 Å². The van der Waals surface area contributed by atoms with Gasteiger partial charge in [-0.05, 0) is 144 Å². The van der Waals surface area contributed by atoms with Gasteiger partial charge >= 0.3 is 0 Å². The van der Waals surface area contributed by atoms with Gasteiger partial charge < -0.3 is 4.74 Å². The maximum atomic E-state index is 8.72. The zero-order valence-electron chi connectivity index (χ0n) is 57.1. The van der Waals surface area contributed by atoms with E-state index in [-0.39, 0.29) is 49.6 Å². The lowest BCUT2D eigenvalue weighted by Crippen LogP contribution is -2.35. The van der Waals surface area contributed by atoms with Gasteiger partial charge in [-0.1, -0.05) is 225 Å². The number of nitrogens with zero attached hydrogens (tertiary/aromatic N) is 4. The lowest BCUT2D eigenvalue weighted by Gasteiger charge is -2.31. The summed E-state index contributed by atoms with van der Waals surface area (Å²) in [5.74, 6) is 1.35. The molecule has 0 aliphatic carbocycles. The predicted molar refractivity (Wildman–Crippen MR) is 337 cm³/mol. The summed E-state index contributed by atoms with van der Waals surface area (Å²) in [4.78, 5) is 4.79. The molecule has 0 saturated carbocycles. The Labute approximate surface area is 486 Å². The van der Waals surface area contributed by atoms with E-state index in [2.05, 4.69) is 198 Å². The molecule has 404 valence electrons. The predicted octanol–water partition coefficient (Wildman–Crippen LogP) is 19.8. The van der Waals surface area contributed by atoms with Gasteiger partial charge in [0.25, 0.3) is 6.33 Å². The largest absolute Gasteiger partial charge is 0.458 e. The molecule has 0 spiro atoms. The summed E-state index contributed by atoms with van der Waals surface area (Å²) in [6.07, 6.45) is 5.28. The Bertz CT molecular complexity index is 4530. The van der Waals surface area contributed by atoms with Crippen molar-refractivity contribution in [2.45, 2.75) is 138 Å². The first-order valence-electron chi connectivity index (χ1n) is 31.9. The summed E-state index contributed by atoms with van der Waals surface area (Å²) < 4.78 is 81.6. The lowest BCUT2D eigenvalue weighted by atomic mass is 9.75. The molecule has 11 rings (SSSR count). The second-order valence-corrected chi connectivity index (χ2v) is 26.7. The van der Waals surface area contributed by atoms with Gasteiger partial charge in [0.2, 0.25) is 0 Å². The summed E-state index contributed by atoms with van der Waals surface area (Å²) in [7, 11) is 0. The second kappa shape index (κ2) is 19.7. The number of benzene rings is 8. The number of aryl methyl sites for hydroxylation is 1. The Morgan fingerprint density at radius 1 is 0.487 bits per heavy atom. The average molecular weight is 1060 g/mol. The minimum absolute atomic E-state index is 0.00211. The van der Waals surface area contributed by atoms with Crippen molar-refractivity contribution in [3.63, 3.8) is 0 Å². The van der Waals surface area contributed by atoms with Gasteiger partial charge in [-0.2, -0.15) is 0 Å². The Balaban J connectivity index is 1.10.